The Kier molecular flexibility index (Phi) is 3.64. The zero-order valence-electron chi connectivity index (χ0n) is 11.1. The smallest absolute Gasteiger partial charge is 0.251 e. The molecule has 1 atom stereocenters. The summed E-state index contributed by atoms with van der Waals surface area (Å²) < 4.78 is 5.05. The molecule has 1 unspecified atom stereocenters. The van der Waals surface area contributed by atoms with Gasteiger partial charge in [0.15, 0.2) is 0 Å². The summed E-state index contributed by atoms with van der Waals surface area (Å²) in [7, 11) is 3.00. The highest BCUT2D eigenvalue weighted by Crippen LogP contribution is 2.17. The van der Waals surface area contributed by atoms with Crippen LogP contribution in [0.1, 0.15) is 18.5 Å². The van der Waals surface area contributed by atoms with Gasteiger partial charge < -0.3 is 10.1 Å². The molecule has 1 fully saturated rings. The summed E-state index contributed by atoms with van der Waals surface area (Å²) in [6.07, 6.45) is 0.782. The Labute approximate surface area is 111 Å². The van der Waals surface area contributed by atoms with E-state index < -0.39 is 6.04 Å². The van der Waals surface area contributed by atoms with Gasteiger partial charge in [0, 0.05) is 25.2 Å². The first-order valence-electron chi connectivity index (χ1n) is 5.98. The van der Waals surface area contributed by atoms with Crippen LogP contribution in [0.5, 0.6) is 5.88 Å². The van der Waals surface area contributed by atoms with Gasteiger partial charge in [0.05, 0.1) is 7.11 Å². The lowest BCUT2D eigenvalue weighted by Crippen LogP contribution is -2.48. The largest absolute Gasteiger partial charge is 0.481 e. The van der Waals surface area contributed by atoms with Crippen molar-refractivity contribution >= 4 is 17.8 Å². The monoisotopic (exact) mass is 264 g/mol. The van der Waals surface area contributed by atoms with Crippen molar-refractivity contribution in [3.8, 4) is 5.88 Å². The predicted octanol–water partition coefficient (Wildman–Crippen LogP) is 0.353. The van der Waals surface area contributed by atoms with E-state index in [9.17, 15) is 9.59 Å². The zero-order valence-corrected chi connectivity index (χ0v) is 11.1. The number of hydrogen-bond donors (Lipinski definition) is 1. The number of likely N-dealkylation sites (N-methyl/N-ethyl adjacent to an activating group) is 1. The molecule has 1 saturated heterocycles. The van der Waals surface area contributed by atoms with Crippen molar-refractivity contribution in [3.05, 3.63) is 11.8 Å². The molecular formula is C12H16N4O3. The van der Waals surface area contributed by atoms with Crippen LogP contribution in [-0.4, -0.2) is 46.9 Å². The van der Waals surface area contributed by atoms with Gasteiger partial charge in [-0.3, -0.25) is 14.5 Å². The molecule has 2 amide bonds. The second-order valence-electron chi connectivity index (χ2n) is 4.40. The number of carbonyl (C=O) groups excluding carboxylic acids is 2. The number of aryl methyl sites for hydroxylation is 1. The fourth-order valence-corrected chi connectivity index (χ4v) is 1.91. The Hall–Kier alpha value is -2.18. The predicted molar refractivity (Wildman–Crippen MR) is 67.7 cm³/mol. The molecule has 1 N–H and O–H groups in total. The van der Waals surface area contributed by atoms with E-state index in [1.165, 1.54) is 14.2 Å². The number of hydrogen-bond acceptors (Lipinski definition) is 6. The summed E-state index contributed by atoms with van der Waals surface area (Å²) in [6.45, 7) is 1.81. The minimum Gasteiger partial charge on any atom is -0.481 e. The number of anilines is 1. The maximum absolute atomic E-state index is 11.9. The van der Waals surface area contributed by atoms with Crippen LogP contribution in [0.25, 0.3) is 0 Å². The van der Waals surface area contributed by atoms with Crippen LogP contribution in [0, 0.1) is 6.92 Å². The molecule has 0 bridgehead atoms. The van der Waals surface area contributed by atoms with Crippen LogP contribution < -0.4 is 10.1 Å². The maximum Gasteiger partial charge on any atom is 0.251 e. The van der Waals surface area contributed by atoms with Gasteiger partial charge in [0.25, 0.3) is 5.91 Å². The molecule has 0 aromatic carbocycles. The number of nitrogens with one attached hydrogen (secondary N) is 1. The van der Waals surface area contributed by atoms with E-state index in [4.69, 9.17) is 4.74 Å². The molecular weight excluding hydrogens is 248 g/mol. The van der Waals surface area contributed by atoms with Crippen molar-refractivity contribution in [1.29, 1.82) is 0 Å². The zero-order chi connectivity index (χ0) is 14.0. The molecule has 0 saturated carbocycles. The molecule has 102 valence electrons. The molecule has 2 rings (SSSR count). The molecule has 2 heterocycles. The quantitative estimate of drug-likeness (QED) is 0.793. The van der Waals surface area contributed by atoms with E-state index in [1.54, 1.807) is 6.07 Å². The number of amides is 2. The Morgan fingerprint density at radius 1 is 1.42 bits per heavy atom. The van der Waals surface area contributed by atoms with Gasteiger partial charge in [-0.15, -0.1) is 0 Å². The molecule has 0 spiro atoms. The summed E-state index contributed by atoms with van der Waals surface area (Å²) in [5, 5.41) is 2.95. The number of nitrogens with zero attached hydrogens (tertiary/aromatic N) is 3. The van der Waals surface area contributed by atoms with E-state index in [0.717, 1.165) is 10.6 Å². The number of piperidine rings is 1. The molecule has 7 nitrogen and oxygen atoms in total. The summed E-state index contributed by atoms with van der Waals surface area (Å²) in [4.78, 5) is 32.8. The molecule has 0 aliphatic carbocycles. The first-order chi connectivity index (χ1) is 9.01. The lowest BCUT2D eigenvalue weighted by molar-refractivity contribution is -0.146. The number of carbonyl (C=O) groups is 2. The summed E-state index contributed by atoms with van der Waals surface area (Å²) in [6, 6.07) is 1.22. The number of aromatic nitrogens is 2. The lowest BCUT2D eigenvalue weighted by atomic mass is 10.1. The molecule has 7 heteroatoms. The van der Waals surface area contributed by atoms with Gasteiger partial charge in [0.2, 0.25) is 17.7 Å². The van der Waals surface area contributed by atoms with Gasteiger partial charge in [-0.05, 0) is 13.3 Å². The normalized spacial score (nSPS) is 19.5. The molecule has 19 heavy (non-hydrogen) atoms. The van der Waals surface area contributed by atoms with Crippen molar-refractivity contribution in [2.24, 2.45) is 0 Å². The third-order valence-electron chi connectivity index (χ3n) is 2.99. The van der Waals surface area contributed by atoms with Crippen LogP contribution in [0.3, 0.4) is 0 Å². The maximum atomic E-state index is 11.9. The minimum absolute atomic E-state index is 0.161. The van der Waals surface area contributed by atoms with Crippen LogP contribution in [0.2, 0.25) is 0 Å². The van der Waals surface area contributed by atoms with Crippen molar-refractivity contribution < 1.29 is 14.3 Å². The fourth-order valence-electron chi connectivity index (χ4n) is 1.91. The summed E-state index contributed by atoms with van der Waals surface area (Å²) >= 11 is 0. The third kappa shape index (κ3) is 2.81. The first-order valence-corrected chi connectivity index (χ1v) is 5.98. The highest BCUT2D eigenvalue weighted by molar-refractivity contribution is 6.01. The van der Waals surface area contributed by atoms with Gasteiger partial charge in [-0.25, -0.2) is 4.98 Å². The van der Waals surface area contributed by atoms with Crippen LogP contribution >= 0.6 is 0 Å². The molecule has 1 aliphatic rings. The van der Waals surface area contributed by atoms with Crippen molar-refractivity contribution in [2.45, 2.75) is 25.8 Å². The van der Waals surface area contributed by atoms with Crippen molar-refractivity contribution in [3.63, 3.8) is 0 Å². The summed E-state index contributed by atoms with van der Waals surface area (Å²) in [5.41, 5.74) is 0.738. The Bertz CT molecular complexity index is 518. The topological polar surface area (TPSA) is 84.4 Å². The number of rotatable bonds is 3. The Morgan fingerprint density at radius 2 is 2.16 bits per heavy atom. The second-order valence-corrected chi connectivity index (χ2v) is 4.40. The van der Waals surface area contributed by atoms with E-state index in [-0.39, 0.29) is 11.8 Å². The average Bonchev–Trinajstić information content (AvgIpc) is 2.39. The average molecular weight is 264 g/mol. The van der Waals surface area contributed by atoms with Crippen LogP contribution in [-0.2, 0) is 9.59 Å². The second kappa shape index (κ2) is 5.21. The van der Waals surface area contributed by atoms with Crippen molar-refractivity contribution in [1.82, 2.24) is 14.9 Å². The van der Waals surface area contributed by atoms with E-state index >= 15 is 0 Å². The number of likely N-dealkylation sites (tertiary alicyclic amines) is 1. The number of imide groups is 1. The van der Waals surface area contributed by atoms with Crippen LogP contribution in [0.15, 0.2) is 6.07 Å². The molecule has 0 radical (unpaired) electrons. The fraction of sp³-hybridized carbons (Fsp3) is 0.500. The van der Waals surface area contributed by atoms with Gasteiger partial charge in [0.1, 0.15) is 6.04 Å². The van der Waals surface area contributed by atoms with E-state index in [2.05, 4.69) is 15.3 Å². The number of methoxy groups -OCH3 is 1. The first kappa shape index (κ1) is 13.3. The molecule has 1 aromatic heterocycles. The minimum atomic E-state index is -0.478. The Morgan fingerprint density at radius 3 is 2.84 bits per heavy atom. The number of ether oxygens (including phenoxy) is 1. The van der Waals surface area contributed by atoms with E-state index in [1.807, 2.05) is 6.92 Å². The van der Waals surface area contributed by atoms with Gasteiger partial charge in [-0.1, -0.05) is 0 Å². The highest BCUT2D eigenvalue weighted by Gasteiger charge is 2.32. The summed E-state index contributed by atoms with van der Waals surface area (Å²) in [5.74, 6) is 0.340. The molecule has 1 aliphatic heterocycles. The highest BCUT2D eigenvalue weighted by atomic mass is 16.5. The molecule has 1 aromatic rings. The van der Waals surface area contributed by atoms with Crippen molar-refractivity contribution in [2.75, 3.05) is 19.5 Å². The van der Waals surface area contributed by atoms with Gasteiger partial charge in [-0.2, -0.15) is 4.98 Å². The van der Waals surface area contributed by atoms with E-state index in [0.29, 0.717) is 24.7 Å². The third-order valence-corrected chi connectivity index (χ3v) is 2.99. The SMILES string of the molecule is COc1cc(C)nc(NC2CCC(=O)N(C)C2=O)n1. The van der Waals surface area contributed by atoms with Gasteiger partial charge >= 0.3 is 0 Å². The van der Waals surface area contributed by atoms with Crippen LogP contribution in [0.4, 0.5) is 5.95 Å². The standard InChI is InChI=1S/C12H16N4O3/c1-7-6-9(19-3)15-12(13-7)14-8-4-5-10(17)16(2)11(8)18/h6,8H,4-5H2,1-3H3,(H,13,14,15). The lowest BCUT2D eigenvalue weighted by Gasteiger charge is -2.28. The Balaban J connectivity index is 2.15.